The van der Waals surface area contributed by atoms with Gasteiger partial charge in [-0.2, -0.15) is 0 Å². The van der Waals surface area contributed by atoms with E-state index < -0.39 is 47.8 Å². The van der Waals surface area contributed by atoms with E-state index in [-0.39, 0.29) is 44.5 Å². The molecule has 8 N–H and O–H groups in total. The van der Waals surface area contributed by atoms with Crippen LogP contribution in [0, 0.1) is 0 Å². The van der Waals surface area contributed by atoms with Crippen molar-refractivity contribution in [2.45, 2.75) is 0 Å². The topological polar surface area (TPSA) is 298 Å². The van der Waals surface area contributed by atoms with E-state index in [1.165, 1.54) is 97.1 Å². The standard InChI is InChI=1S/2C34H22O8/c2*35-31(36)23-9-1-19(2-10-23)27-17-29(21-5-13-25(14-6-21)33(39)40)30(22-7-15-26(16-8-22)34(41)42)18-28(27)20-3-11-24(12-4-20)32(37)38/h2*1-18H,(H,35,36)(H,37,38)(H,39,40)(H,41,42). The van der Waals surface area contributed by atoms with Crippen LogP contribution in [0.3, 0.4) is 0 Å². The number of carboxylic acid groups (broad SMARTS) is 8. The van der Waals surface area contributed by atoms with Crippen LogP contribution in [0.1, 0.15) is 82.9 Å². The van der Waals surface area contributed by atoms with Gasteiger partial charge in [0.1, 0.15) is 0 Å². The Labute approximate surface area is 477 Å². The minimum Gasteiger partial charge on any atom is -0.478 e. The van der Waals surface area contributed by atoms with Crippen molar-refractivity contribution in [3.05, 3.63) is 263 Å². The van der Waals surface area contributed by atoms with Crippen molar-refractivity contribution in [1.82, 2.24) is 0 Å². The third-order valence-corrected chi connectivity index (χ3v) is 13.9. The highest BCUT2D eigenvalue weighted by atomic mass is 16.4. The van der Waals surface area contributed by atoms with Crippen LogP contribution in [-0.2, 0) is 0 Å². The molecule has 10 aromatic rings. The summed E-state index contributed by atoms with van der Waals surface area (Å²) in [7, 11) is 0. The molecule has 16 heteroatoms. The normalized spacial score (nSPS) is 10.7. The lowest BCUT2D eigenvalue weighted by atomic mass is 9.85. The molecule has 0 aliphatic rings. The minimum atomic E-state index is -1.06. The van der Waals surface area contributed by atoms with Gasteiger partial charge in [-0.1, -0.05) is 97.1 Å². The molecule has 0 saturated heterocycles. The first-order valence-electron chi connectivity index (χ1n) is 25.3. The van der Waals surface area contributed by atoms with E-state index in [2.05, 4.69) is 0 Å². The molecular formula is C68H44O16. The van der Waals surface area contributed by atoms with Crippen LogP contribution in [0.2, 0.25) is 0 Å². The van der Waals surface area contributed by atoms with E-state index in [1.807, 2.05) is 24.3 Å². The molecule has 0 aliphatic carbocycles. The number of benzene rings is 10. The smallest absolute Gasteiger partial charge is 0.335 e. The molecule has 10 rings (SSSR count). The summed E-state index contributed by atoms with van der Waals surface area (Å²) in [4.78, 5) is 91.8. The van der Waals surface area contributed by atoms with E-state index in [1.54, 1.807) is 97.1 Å². The van der Waals surface area contributed by atoms with Crippen molar-refractivity contribution in [3.63, 3.8) is 0 Å². The average Bonchev–Trinajstić information content (AvgIpc) is 1.78. The van der Waals surface area contributed by atoms with Crippen molar-refractivity contribution < 1.29 is 79.2 Å². The first kappa shape index (κ1) is 56.7. The summed E-state index contributed by atoms with van der Waals surface area (Å²) in [5, 5.41) is 75.1. The summed E-state index contributed by atoms with van der Waals surface area (Å²) in [6, 6.07) is 58.5. The maximum absolute atomic E-state index is 11.5. The van der Waals surface area contributed by atoms with Gasteiger partial charge in [0.25, 0.3) is 0 Å². The second-order valence-electron chi connectivity index (χ2n) is 18.9. The van der Waals surface area contributed by atoms with Crippen molar-refractivity contribution in [1.29, 1.82) is 0 Å². The van der Waals surface area contributed by atoms with Crippen LogP contribution >= 0.6 is 0 Å². The number of hydrogen-bond donors (Lipinski definition) is 8. The zero-order valence-corrected chi connectivity index (χ0v) is 43.6. The Morgan fingerprint density at radius 1 is 0.155 bits per heavy atom. The predicted molar refractivity (Wildman–Crippen MR) is 312 cm³/mol. The van der Waals surface area contributed by atoms with Crippen molar-refractivity contribution in [2.24, 2.45) is 0 Å². The maximum atomic E-state index is 11.5. The molecule has 0 spiro atoms. The van der Waals surface area contributed by atoms with Crippen molar-refractivity contribution in [2.75, 3.05) is 0 Å². The molecule has 0 aliphatic heterocycles. The molecule has 0 bridgehead atoms. The van der Waals surface area contributed by atoms with E-state index in [4.69, 9.17) is 0 Å². The second kappa shape index (κ2) is 24.1. The molecule has 412 valence electrons. The predicted octanol–water partition coefficient (Wildman–Crippen LogP) is 14.3. The van der Waals surface area contributed by atoms with Gasteiger partial charge in [0.05, 0.1) is 44.5 Å². The first-order valence-corrected chi connectivity index (χ1v) is 25.3. The van der Waals surface area contributed by atoms with Crippen LogP contribution in [0.25, 0.3) is 89.0 Å². The molecule has 84 heavy (non-hydrogen) atoms. The van der Waals surface area contributed by atoms with Gasteiger partial charge in [0, 0.05) is 0 Å². The summed E-state index contributed by atoms with van der Waals surface area (Å²) in [6.07, 6.45) is 0. The Balaban J connectivity index is 0.000000202. The molecule has 0 saturated carbocycles. The molecule has 0 heterocycles. The molecule has 10 aromatic carbocycles. The van der Waals surface area contributed by atoms with Gasteiger partial charge in [-0.3, -0.25) is 0 Å². The molecular weight excluding hydrogens is 1070 g/mol. The SMILES string of the molecule is O=C(O)c1ccc(-c2cc(-c3ccc(C(=O)O)cc3)c(-c3ccc(C(=O)O)cc3)cc2-c2ccc(C(=O)O)cc2)cc1.O=C(O)c1ccc(-c2cc(-c3ccc(C(=O)O)cc3)c(-c3ccc(C(=O)O)cc3)cc2-c2ccc(C(=O)O)cc2)cc1. The molecule has 0 amide bonds. The molecule has 0 atom stereocenters. The fourth-order valence-corrected chi connectivity index (χ4v) is 9.45. The largest absolute Gasteiger partial charge is 0.478 e. The van der Waals surface area contributed by atoms with Crippen LogP contribution < -0.4 is 0 Å². The van der Waals surface area contributed by atoms with Gasteiger partial charge in [-0.05, 0) is 210 Å². The van der Waals surface area contributed by atoms with Crippen LogP contribution in [0.4, 0.5) is 0 Å². The van der Waals surface area contributed by atoms with Crippen LogP contribution in [0.5, 0.6) is 0 Å². The van der Waals surface area contributed by atoms with Gasteiger partial charge in [-0.15, -0.1) is 0 Å². The summed E-state index contributed by atoms with van der Waals surface area (Å²) < 4.78 is 0. The van der Waals surface area contributed by atoms with Crippen LogP contribution in [-0.4, -0.2) is 88.6 Å². The number of carbonyl (C=O) groups is 8. The highest BCUT2D eigenvalue weighted by Crippen LogP contribution is 2.44. The third kappa shape index (κ3) is 12.4. The van der Waals surface area contributed by atoms with E-state index in [0.717, 1.165) is 44.5 Å². The van der Waals surface area contributed by atoms with Gasteiger partial charge < -0.3 is 40.9 Å². The zero-order valence-electron chi connectivity index (χ0n) is 43.6. The quantitative estimate of drug-likeness (QED) is 0.0446. The molecule has 16 nitrogen and oxygen atoms in total. The van der Waals surface area contributed by atoms with Gasteiger partial charge in [-0.25, -0.2) is 38.4 Å². The highest BCUT2D eigenvalue weighted by Gasteiger charge is 2.21. The zero-order chi connectivity index (χ0) is 59.9. The maximum Gasteiger partial charge on any atom is 0.335 e. The van der Waals surface area contributed by atoms with E-state index in [0.29, 0.717) is 44.5 Å². The Kier molecular flexibility index (Phi) is 16.3. The molecule has 0 fully saturated rings. The monoisotopic (exact) mass is 1120 g/mol. The molecule has 0 aromatic heterocycles. The van der Waals surface area contributed by atoms with Gasteiger partial charge >= 0.3 is 47.8 Å². The average molecular weight is 1120 g/mol. The lowest BCUT2D eigenvalue weighted by Gasteiger charge is -2.19. The van der Waals surface area contributed by atoms with Crippen molar-refractivity contribution >= 4 is 47.8 Å². The summed E-state index contributed by atoms with van der Waals surface area (Å²) in [5.41, 5.74) is 12.3. The lowest BCUT2D eigenvalue weighted by Crippen LogP contribution is -1.98. The number of aromatic carboxylic acids is 8. The van der Waals surface area contributed by atoms with E-state index in [9.17, 15) is 79.2 Å². The Bertz CT molecular complexity index is 3400. The summed E-state index contributed by atoms with van der Waals surface area (Å²) in [5.74, 6) is -8.52. The second-order valence-corrected chi connectivity index (χ2v) is 18.9. The fraction of sp³-hybridized carbons (Fsp3) is 0. The molecule has 0 unspecified atom stereocenters. The number of carboxylic acids is 8. The molecule has 0 radical (unpaired) electrons. The van der Waals surface area contributed by atoms with Crippen molar-refractivity contribution in [3.8, 4) is 89.0 Å². The van der Waals surface area contributed by atoms with Crippen LogP contribution in [0.15, 0.2) is 218 Å². The Morgan fingerprint density at radius 3 is 0.310 bits per heavy atom. The first-order chi connectivity index (χ1) is 40.2. The summed E-state index contributed by atoms with van der Waals surface area (Å²) >= 11 is 0. The fourth-order valence-electron chi connectivity index (χ4n) is 9.45. The lowest BCUT2D eigenvalue weighted by molar-refractivity contribution is 0.0686. The van der Waals surface area contributed by atoms with Gasteiger partial charge in [0.2, 0.25) is 0 Å². The Hall–Kier alpha value is -12.0. The third-order valence-electron chi connectivity index (χ3n) is 13.9. The highest BCUT2D eigenvalue weighted by molar-refractivity contribution is 6.01. The number of hydrogen-bond acceptors (Lipinski definition) is 8. The minimum absolute atomic E-state index is 0.116. The Morgan fingerprint density at radius 2 is 0.238 bits per heavy atom. The van der Waals surface area contributed by atoms with Gasteiger partial charge in [0.15, 0.2) is 0 Å². The van der Waals surface area contributed by atoms with E-state index >= 15 is 0 Å². The summed E-state index contributed by atoms with van der Waals surface area (Å²) in [6.45, 7) is 0. The number of rotatable bonds is 16.